The first-order valence-electron chi connectivity index (χ1n) is 7.44. The normalized spacial score (nSPS) is 24.0. The van der Waals surface area contributed by atoms with Crippen molar-refractivity contribution >= 4 is 0 Å². The molecule has 0 spiro atoms. The Morgan fingerprint density at radius 1 is 1.30 bits per heavy atom. The Hall–Kier alpha value is -0.970. The molecule has 1 aromatic rings. The molecule has 1 N–H and O–H groups in total. The molecule has 1 saturated heterocycles. The molecule has 0 aliphatic carbocycles. The standard InChI is InChI=1S/C16H25FN2O/c1-4-18-8-14-5-6-16(17)15(7-14)11-19-9-12(2)20-13(3)10-19/h5-7,12-13,18H,4,8-11H2,1-3H3/t12-,13+. The van der Waals surface area contributed by atoms with E-state index in [4.69, 9.17) is 4.74 Å². The van der Waals surface area contributed by atoms with Gasteiger partial charge in [0.1, 0.15) is 5.82 Å². The highest BCUT2D eigenvalue weighted by atomic mass is 19.1. The molecule has 20 heavy (non-hydrogen) atoms. The number of hydrogen-bond acceptors (Lipinski definition) is 3. The molecule has 1 aliphatic rings. The van der Waals surface area contributed by atoms with Crippen LogP contribution in [-0.2, 0) is 17.8 Å². The second kappa shape index (κ2) is 7.16. The summed E-state index contributed by atoms with van der Waals surface area (Å²) in [6.07, 6.45) is 0.429. The third kappa shape index (κ3) is 4.27. The Morgan fingerprint density at radius 3 is 2.65 bits per heavy atom. The van der Waals surface area contributed by atoms with E-state index in [9.17, 15) is 4.39 Å². The number of hydrogen-bond donors (Lipinski definition) is 1. The van der Waals surface area contributed by atoms with Crippen LogP contribution in [0.5, 0.6) is 0 Å². The summed E-state index contributed by atoms with van der Waals surface area (Å²) in [7, 11) is 0. The second-order valence-corrected chi connectivity index (χ2v) is 5.66. The Kier molecular flexibility index (Phi) is 5.52. The van der Waals surface area contributed by atoms with Crippen LogP contribution in [0, 0.1) is 5.82 Å². The second-order valence-electron chi connectivity index (χ2n) is 5.66. The van der Waals surface area contributed by atoms with Crippen LogP contribution in [0.1, 0.15) is 31.9 Å². The molecule has 2 rings (SSSR count). The summed E-state index contributed by atoms with van der Waals surface area (Å²) in [5.74, 6) is -0.114. The molecule has 112 valence electrons. The lowest BCUT2D eigenvalue weighted by molar-refractivity contribution is -0.0707. The third-order valence-electron chi connectivity index (χ3n) is 3.58. The molecule has 1 heterocycles. The minimum atomic E-state index is -0.114. The van der Waals surface area contributed by atoms with Crippen LogP contribution in [0.15, 0.2) is 18.2 Å². The minimum Gasteiger partial charge on any atom is -0.373 e. The van der Waals surface area contributed by atoms with E-state index in [0.717, 1.165) is 37.3 Å². The average Bonchev–Trinajstić information content (AvgIpc) is 2.38. The lowest BCUT2D eigenvalue weighted by Crippen LogP contribution is -2.44. The van der Waals surface area contributed by atoms with Crippen LogP contribution in [0.3, 0.4) is 0 Å². The number of rotatable bonds is 5. The monoisotopic (exact) mass is 280 g/mol. The predicted octanol–water partition coefficient (Wildman–Crippen LogP) is 2.54. The molecule has 1 fully saturated rings. The number of morpholine rings is 1. The van der Waals surface area contributed by atoms with E-state index in [0.29, 0.717) is 6.54 Å². The molecule has 0 bridgehead atoms. The van der Waals surface area contributed by atoms with Gasteiger partial charge in [-0.25, -0.2) is 4.39 Å². The van der Waals surface area contributed by atoms with E-state index in [2.05, 4.69) is 31.0 Å². The van der Waals surface area contributed by atoms with Gasteiger partial charge in [0.25, 0.3) is 0 Å². The summed E-state index contributed by atoms with van der Waals surface area (Å²) in [6.45, 7) is 10.3. The predicted molar refractivity (Wildman–Crippen MR) is 79.1 cm³/mol. The topological polar surface area (TPSA) is 24.5 Å². The Labute approximate surface area is 121 Å². The average molecular weight is 280 g/mol. The van der Waals surface area contributed by atoms with Crippen molar-refractivity contribution in [2.45, 2.75) is 46.1 Å². The number of benzene rings is 1. The van der Waals surface area contributed by atoms with Crippen LogP contribution < -0.4 is 5.32 Å². The maximum absolute atomic E-state index is 14.0. The molecule has 4 heteroatoms. The van der Waals surface area contributed by atoms with Crippen molar-refractivity contribution < 1.29 is 9.13 Å². The van der Waals surface area contributed by atoms with E-state index in [1.165, 1.54) is 0 Å². The van der Waals surface area contributed by atoms with Crippen molar-refractivity contribution in [3.05, 3.63) is 35.1 Å². The smallest absolute Gasteiger partial charge is 0.127 e. The maximum Gasteiger partial charge on any atom is 0.127 e. The first-order chi connectivity index (χ1) is 9.58. The van der Waals surface area contributed by atoms with E-state index in [-0.39, 0.29) is 18.0 Å². The maximum atomic E-state index is 14.0. The first kappa shape index (κ1) is 15.4. The highest BCUT2D eigenvalue weighted by Crippen LogP contribution is 2.17. The molecular formula is C16H25FN2O. The first-order valence-corrected chi connectivity index (χ1v) is 7.44. The number of nitrogens with zero attached hydrogens (tertiary/aromatic N) is 1. The van der Waals surface area contributed by atoms with Gasteiger partial charge in [-0.3, -0.25) is 4.90 Å². The molecule has 0 unspecified atom stereocenters. The van der Waals surface area contributed by atoms with E-state index >= 15 is 0 Å². The number of nitrogens with one attached hydrogen (secondary N) is 1. The summed E-state index contributed by atoms with van der Waals surface area (Å²) in [6, 6.07) is 5.41. The zero-order valence-corrected chi connectivity index (χ0v) is 12.7. The van der Waals surface area contributed by atoms with Gasteiger partial charge >= 0.3 is 0 Å². The molecule has 2 atom stereocenters. The van der Waals surface area contributed by atoms with Gasteiger partial charge in [-0.15, -0.1) is 0 Å². The fourth-order valence-electron chi connectivity index (χ4n) is 2.78. The lowest BCUT2D eigenvalue weighted by Gasteiger charge is -2.35. The molecule has 0 aromatic heterocycles. The largest absolute Gasteiger partial charge is 0.373 e. The van der Waals surface area contributed by atoms with E-state index < -0.39 is 0 Å². The van der Waals surface area contributed by atoms with Crippen molar-refractivity contribution in [2.75, 3.05) is 19.6 Å². The summed E-state index contributed by atoms with van der Waals surface area (Å²) in [5, 5.41) is 3.27. The minimum absolute atomic E-state index is 0.114. The van der Waals surface area contributed by atoms with E-state index in [1.54, 1.807) is 6.07 Å². The zero-order valence-electron chi connectivity index (χ0n) is 12.7. The molecule has 3 nitrogen and oxygen atoms in total. The highest BCUT2D eigenvalue weighted by Gasteiger charge is 2.22. The van der Waals surface area contributed by atoms with Gasteiger partial charge in [-0.1, -0.05) is 19.1 Å². The van der Waals surface area contributed by atoms with Crippen molar-refractivity contribution in [2.24, 2.45) is 0 Å². The summed E-state index contributed by atoms with van der Waals surface area (Å²) >= 11 is 0. The van der Waals surface area contributed by atoms with Gasteiger partial charge in [-0.2, -0.15) is 0 Å². The molecule has 0 saturated carbocycles. The third-order valence-corrected chi connectivity index (χ3v) is 3.58. The van der Waals surface area contributed by atoms with Crippen LogP contribution >= 0.6 is 0 Å². The van der Waals surface area contributed by atoms with Crippen LogP contribution in [-0.4, -0.2) is 36.7 Å². The van der Waals surface area contributed by atoms with Gasteiger partial charge in [0.15, 0.2) is 0 Å². The Balaban J connectivity index is 2.03. The van der Waals surface area contributed by atoms with Gasteiger partial charge in [-0.05, 0) is 32.0 Å². The Bertz CT molecular complexity index is 428. The quantitative estimate of drug-likeness (QED) is 0.897. The van der Waals surface area contributed by atoms with Crippen LogP contribution in [0.25, 0.3) is 0 Å². The van der Waals surface area contributed by atoms with Gasteiger partial charge in [0.05, 0.1) is 12.2 Å². The SMILES string of the molecule is CCNCc1ccc(F)c(CN2C[C@@H](C)O[C@@H](C)C2)c1. The fourth-order valence-corrected chi connectivity index (χ4v) is 2.78. The molecule has 1 aromatic carbocycles. The van der Waals surface area contributed by atoms with Crippen molar-refractivity contribution in [1.82, 2.24) is 10.2 Å². The molecule has 1 aliphatic heterocycles. The van der Waals surface area contributed by atoms with Gasteiger partial charge in [0, 0.05) is 31.7 Å². The van der Waals surface area contributed by atoms with Crippen LogP contribution in [0.2, 0.25) is 0 Å². The fraction of sp³-hybridized carbons (Fsp3) is 0.625. The summed E-state index contributed by atoms with van der Waals surface area (Å²) < 4.78 is 19.7. The van der Waals surface area contributed by atoms with Gasteiger partial charge < -0.3 is 10.1 Å². The van der Waals surface area contributed by atoms with Crippen LogP contribution in [0.4, 0.5) is 4.39 Å². The van der Waals surface area contributed by atoms with Crippen molar-refractivity contribution in [1.29, 1.82) is 0 Å². The van der Waals surface area contributed by atoms with E-state index in [1.807, 2.05) is 12.1 Å². The molecular weight excluding hydrogens is 255 g/mol. The lowest BCUT2D eigenvalue weighted by atomic mass is 10.1. The van der Waals surface area contributed by atoms with Gasteiger partial charge in [0.2, 0.25) is 0 Å². The summed E-state index contributed by atoms with van der Waals surface area (Å²) in [5.41, 5.74) is 1.92. The molecule has 0 radical (unpaired) electrons. The Morgan fingerprint density at radius 2 is 2.00 bits per heavy atom. The highest BCUT2D eigenvalue weighted by molar-refractivity contribution is 5.25. The van der Waals surface area contributed by atoms with Crippen molar-refractivity contribution in [3.63, 3.8) is 0 Å². The summed E-state index contributed by atoms with van der Waals surface area (Å²) in [4.78, 5) is 2.27. The molecule has 0 amide bonds. The van der Waals surface area contributed by atoms with Crippen molar-refractivity contribution in [3.8, 4) is 0 Å². The number of ether oxygens (including phenoxy) is 1. The number of halogens is 1. The zero-order chi connectivity index (χ0) is 14.5.